The molecule has 1 rings (SSSR count). The lowest BCUT2D eigenvalue weighted by Crippen LogP contribution is -2.30. The van der Waals surface area contributed by atoms with Crippen molar-refractivity contribution in [1.82, 2.24) is 4.98 Å². The fourth-order valence-corrected chi connectivity index (χ4v) is 1.88. The summed E-state index contributed by atoms with van der Waals surface area (Å²) in [5.74, 6) is 0.679. The molecule has 0 aromatic carbocycles. The van der Waals surface area contributed by atoms with Gasteiger partial charge in [0.1, 0.15) is 11.5 Å². The second kappa shape index (κ2) is 5.66. The van der Waals surface area contributed by atoms with E-state index in [9.17, 15) is 0 Å². The van der Waals surface area contributed by atoms with Crippen molar-refractivity contribution < 1.29 is 0 Å². The molecule has 1 atom stereocenters. The van der Waals surface area contributed by atoms with Crippen molar-refractivity contribution in [2.24, 2.45) is 11.7 Å². The van der Waals surface area contributed by atoms with Gasteiger partial charge in [-0.2, -0.15) is 0 Å². The number of anilines is 1. The SMILES string of the molecule is CC(C)CC(C)N(C)c1ccnc(C(=N)N)c1. The van der Waals surface area contributed by atoms with Crippen molar-refractivity contribution >= 4 is 11.5 Å². The first-order chi connectivity index (χ1) is 7.91. The van der Waals surface area contributed by atoms with E-state index in [-0.39, 0.29) is 5.84 Å². The number of nitrogen functional groups attached to an aromatic ring is 1. The van der Waals surface area contributed by atoms with Crippen LogP contribution in [0.15, 0.2) is 18.3 Å². The van der Waals surface area contributed by atoms with E-state index in [4.69, 9.17) is 11.1 Å². The van der Waals surface area contributed by atoms with Gasteiger partial charge in [0.2, 0.25) is 0 Å². The molecule has 0 saturated heterocycles. The third-order valence-electron chi connectivity index (χ3n) is 2.90. The predicted molar refractivity (Wildman–Crippen MR) is 72.6 cm³/mol. The van der Waals surface area contributed by atoms with Crippen molar-refractivity contribution in [2.45, 2.75) is 33.2 Å². The molecule has 4 nitrogen and oxygen atoms in total. The molecule has 0 amide bonds. The molecule has 0 radical (unpaired) electrons. The number of hydrogen-bond acceptors (Lipinski definition) is 3. The smallest absolute Gasteiger partial charge is 0.141 e. The average Bonchev–Trinajstić information content (AvgIpc) is 2.27. The van der Waals surface area contributed by atoms with Gasteiger partial charge < -0.3 is 10.6 Å². The molecule has 1 unspecified atom stereocenters. The molecule has 0 fully saturated rings. The van der Waals surface area contributed by atoms with Crippen LogP contribution in [0.25, 0.3) is 0 Å². The van der Waals surface area contributed by atoms with Crippen molar-refractivity contribution in [2.75, 3.05) is 11.9 Å². The summed E-state index contributed by atoms with van der Waals surface area (Å²) in [5.41, 5.74) is 7.03. The standard InChI is InChI=1S/C13H22N4/c1-9(2)7-10(3)17(4)11-5-6-16-12(8-11)13(14)15/h5-6,8-10H,7H2,1-4H3,(H3,14,15). The molecule has 1 heterocycles. The largest absolute Gasteiger partial charge is 0.382 e. The highest BCUT2D eigenvalue weighted by atomic mass is 15.1. The maximum atomic E-state index is 7.39. The Labute approximate surface area is 103 Å². The van der Waals surface area contributed by atoms with Crippen LogP contribution in [0.3, 0.4) is 0 Å². The highest BCUT2D eigenvalue weighted by Gasteiger charge is 2.12. The summed E-state index contributed by atoms with van der Waals surface area (Å²) in [5, 5.41) is 7.39. The van der Waals surface area contributed by atoms with Gasteiger partial charge >= 0.3 is 0 Å². The number of nitrogens with one attached hydrogen (secondary N) is 1. The molecule has 17 heavy (non-hydrogen) atoms. The molecule has 3 N–H and O–H groups in total. The van der Waals surface area contributed by atoms with E-state index in [1.165, 1.54) is 0 Å². The predicted octanol–water partition coefficient (Wildman–Crippen LogP) is 2.24. The Morgan fingerprint density at radius 2 is 2.12 bits per heavy atom. The van der Waals surface area contributed by atoms with Gasteiger partial charge in [-0.15, -0.1) is 0 Å². The Bertz CT molecular complexity index is 387. The monoisotopic (exact) mass is 234 g/mol. The zero-order valence-electron chi connectivity index (χ0n) is 11.1. The fourth-order valence-electron chi connectivity index (χ4n) is 1.88. The van der Waals surface area contributed by atoms with Crippen LogP contribution < -0.4 is 10.6 Å². The van der Waals surface area contributed by atoms with Gasteiger partial charge in [0.25, 0.3) is 0 Å². The molecule has 94 valence electrons. The summed E-state index contributed by atoms with van der Waals surface area (Å²) in [6, 6.07) is 4.26. The van der Waals surface area contributed by atoms with Gasteiger partial charge in [-0.25, -0.2) is 0 Å². The van der Waals surface area contributed by atoms with Crippen molar-refractivity contribution in [1.29, 1.82) is 5.41 Å². The highest BCUT2D eigenvalue weighted by Crippen LogP contribution is 2.19. The first-order valence-corrected chi connectivity index (χ1v) is 5.95. The molecule has 0 aliphatic carbocycles. The van der Waals surface area contributed by atoms with E-state index in [1.807, 2.05) is 12.1 Å². The third kappa shape index (κ3) is 3.73. The molecular formula is C13H22N4. The van der Waals surface area contributed by atoms with E-state index < -0.39 is 0 Å². The van der Waals surface area contributed by atoms with Gasteiger partial charge in [0.05, 0.1) is 0 Å². The molecular weight excluding hydrogens is 212 g/mol. The van der Waals surface area contributed by atoms with Gasteiger partial charge in [0, 0.05) is 25.0 Å². The van der Waals surface area contributed by atoms with E-state index >= 15 is 0 Å². The summed E-state index contributed by atoms with van der Waals surface area (Å²) >= 11 is 0. The first-order valence-electron chi connectivity index (χ1n) is 5.95. The lowest BCUT2D eigenvalue weighted by molar-refractivity contribution is 0.504. The molecule has 0 bridgehead atoms. The second-order valence-corrected chi connectivity index (χ2v) is 4.90. The maximum Gasteiger partial charge on any atom is 0.141 e. The van der Waals surface area contributed by atoms with Crippen LogP contribution in [0.1, 0.15) is 32.9 Å². The van der Waals surface area contributed by atoms with Crippen molar-refractivity contribution in [3.05, 3.63) is 24.0 Å². The number of nitrogens with two attached hydrogens (primary N) is 1. The van der Waals surface area contributed by atoms with Crippen molar-refractivity contribution in [3.63, 3.8) is 0 Å². The summed E-state index contributed by atoms with van der Waals surface area (Å²) in [7, 11) is 2.06. The van der Waals surface area contributed by atoms with E-state index in [2.05, 4.69) is 37.7 Å². The minimum absolute atomic E-state index is 0.0109. The minimum atomic E-state index is 0.0109. The highest BCUT2D eigenvalue weighted by molar-refractivity contribution is 5.93. The van der Waals surface area contributed by atoms with Crippen LogP contribution in [-0.4, -0.2) is 23.9 Å². The summed E-state index contributed by atoms with van der Waals surface area (Å²) in [4.78, 5) is 6.27. The molecule has 0 spiro atoms. The molecule has 0 saturated carbocycles. The van der Waals surface area contributed by atoms with Crippen LogP contribution >= 0.6 is 0 Å². The number of amidine groups is 1. The molecule has 1 aromatic heterocycles. The molecule has 0 aliphatic rings. The lowest BCUT2D eigenvalue weighted by Gasteiger charge is -2.28. The Morgan fingerprint density at radius 1 is 1.47 bits per heavy atom. The molecule has 1 aromatic rings. The lowest BCUT2D eigenvalue weighted by atomic mass is 10.0. The third-order valence-corrected chi connectivity index (χ3v) is 2.90. The molecule has 4 heteroatoms. The van der Waals surface area contributed by atoms with Gasteiger partial charge in [0.15, 0.2) is 0 Å². The second-order valence-electron chi connectivity index (χ2n) is 4.90. The Balaban J connectivity index is 2.84. The summed E-state index contributed by atoms with van der Waals surface area (Å²) in [6.07, 6.45) is 2.83. The first kappa shape index (κ1) is 13.5. The normalized spacial score (nSPS) is 12.5. The van der Waals surface area contributed by atoms with Crippen LogP contribution in [0.2, 0.25) is 0 Å². The van der Waals surface area contributed by atoms with Crippen LogP contribution in [0.4, 0.5) is 5.69 Å². The Hall–Kier alpha value is -1.58. The van der Waals surface area contributed by atoms with E-state index in [1.54, 1.807) is 6.20 Å². The van der Waals surface area contributed by atoms with E-state index in [0.717, 1.165) is 12.1 Å². The topological polar surface area (TPSA) is 66.0 Å². The number of pyridine rings is 1. The molecule has 0 aliphatic heterocycles. The average molecular weight is 234 g/mol. The van der Waals surface area contributed by atoms with Crippen LogP contribution in [-0.2, 0) is 0 Å². The fraction of sp³-hybridized carbons (Fsp3) is 0.538. The van der Waals surface area contributed by atoms with E-state index in [0.29, 0.717) is 17.7 Å². The van der Waals surface area contributed by atoms with Gasteiger partial charge in [-0.05, 0) is 31.4 Å². The number of hydrogen-bond donors (Lipinski definition) is 2. The maximum absolute atomic E-state index is 7.39. The van der Waals surface area contributed by atoms with Crippen LogP contribution in [0.5, 0.6) is 0 Å². The Kier molecular flexibility index (Phi) is 4.49. The quantitative estimate of drug-likeness (QED) is 0.606. The summed E-state index contributed by atoms with van der Waals surface area (Å²) in [6.45, 7) is 6.64. The Morgan fingerprint density at radius 3 is 2.65 bits per heavy atom. The summed E-state index contributed by atoms with van der Waals surface area (Å²) < 4.78 is 0. The number of rotatable bonds is 5. The minimum Gasteiger partial charge on any atom is -0.382 e. The zero-order chi connectivity index (χ0) is 13.0. The van der Waals surface area contributed by atoms with Crippen molar-refractivity contribution in [3.8, 4) is 0 Å². The van der Waals surface area contributed by atoms with Gasteiger partial charge in [-0.3, -0.25) is 10.4 Å². The zero-order valence-corrected chi connectivity index (χ0v) is 11.1. The number of aromatic nitrogens is 1. The van der Waals surface area contributed by atoms with Crippen LogP contribution in [0, 0.1) is 11.3 Å². The van der Waals surface area contributed by atoms with Gasteiger partial charge in [-0.1, -0.05) is 13.8 Å². The number of nitrogens with zero attached hydrogens (tertiary/aromatic N) is 2.